The summed E-state index contributed by atoms with van der Waals surface area (Å²) in [5.74, 6) is 1.87. The minimum absolute atomic E-state index is 0.195. The number of piperidine rings is 1. The Balaban J connectivity index is 1.97. The van der Waals surface area contributed by atoms with E-state index in [0.29, 0.717) is 6.42 Å². The number of nitrogens with zero attached hydrogens (tertiary/aromatic N) is 1. The van der Waals surface area contributed by atoms with Crippen molar-refractivity contribution in [3.8, 4) is 0 Å². The zero-order valence-corrected chi connectivity index (χ0v) is 13.6. The summed E-state index contributed by atoms with van der Waals surface area (Å²) in [6, 6.07) is 0. The molecule has 1 fully saturated rings. The zero-order chi connectivity index (χ0) is 14.8. The van der Waals surface area contributed by atoms with E-state index in [4.69, 9.17) is 0 Å². The van der Waals surface area contributed by atoms with Crippen LogP contribution in [0.5, 0.6) is 0 Å². The van der Waals surface area contributed by atoms with Gasteiger partial charge in [-0.1, -0.05) is 13.8 Å². The molecule has 0 aliphatic carbocycles. The molecule has 1 heterocycles. The van der Waals surface area contributed by atoms with Gasteiger partial charge in [-0.25, -0.2) is 0 Å². The lowest BCUT2D eigenvalue weighted by atomic mass is 9.92. The van der Waals surface area contributed by atoms with E-state index in [9.17, 15) is 4.79 Å². The normalized spacial score (nSPS) is 23.8. The second-order valence-corrected chi connectivity index (χ2v) is 6.47. The Kier molecular flexibility index (Phi) is 8.86. The van der Waals surface area contributed by atoms with E-state index >= 15 is 0 Å². The van der Waals surface area contributed by atoms with Gasteiger partial charge in [0.1, 0.15) is 0 Å². The maximum absolute atomic E-state index is 11.5. The summed E-state index contributed by atoms with van der Waals surface area (Å²) in [7, 11) is 1.92. The molecule has 1 rings (SSSR count). The van der Waals surface area contributed by atoms with Crippen LogP contribution in [-0.2, 0) is 4.79 Å². The molecule has 2 atom stereocenters. The fraction of sp³-hybridized carbons (Fsp3) is 0.938. The number of unbranched alkanes of at least 4 members (excludes halogenated alkanes) is 1. The molecule has 0 aromatic heterocycles. The molecule has 118 valence electrons. The van der Waals surface area contributed by atoms with Gasteiger partial charge in [-0.3, -0.25) is 4.79 Å². The van der Waals surface area contributed by atoms with Crippen molar-refractivity contribution in [2.75, 3.05) is 39.8 Å². The molecule has 1 aliphatic heterocycles. The van der Waals surface area contributed by atoms with Gasteiger partial charge in [-0.15, -0.1) is 0 Å². The molecule has 1 amide bonds. The Morgan fingerprint density at radius 1 is 1.10 bits per heavy atom. The van der Waals surface area contributed by atoms with E-state index in [1.165, 1.54) is 32.5 Å². The van der Waals surface area contributed by atoms with Crippen molar-refractivity contribution in [3.63, 3.8) is 0 Å². The summed E-state index contributed by atoms with van der Waals surface area (Å²) in [6.45, 7) is 10.1. The quantitative estimate of drug-likeness (QED) is 0.635. The fourth-order valence-electron chi connectivity index (χ4n) is 3.18. The third-order valence-corrected chi connectivity index (χ3v) is 4.00. The summed E-state index contributed by atoms with van der Waals surface area (Å²) in [6.07, 6.45) is 5.22. The van der Waals surface area contributed by atoms with Crippen molar-refractivity contribution in [2.45, 2.75) is 46.0 Å². The molecule has 0 saturated carbocycles. The van der Waals surface area contributed by atoms with E-state index in [1.54, 1.807) is 0 Å². The van der Waals surface area contributed by atoms with Crippen LogP contribution in [0.4, 0.5) is 0 Å². The minimum atomic E-state index is 0.195. The summed E-state index contributed by atoms with van der Waals surface area (Å²) < 4.78 is 0. The van der Waals surface area contributed by atoms with Gasteiger partial charge in [0.15, 0.2) is 0 Å². The van der Waals surface area contributed by atoms with Gasteiger partial charge in [-0.2, -0.15) is 0 Å². The van der Waals surface area contributed by atoms with E-state index in [0.717, 1.165) is 37.8 Å². The van der Waals surface area contributed by atoms with E-state index < -0.39 is 0 Å². The van der Waals surface area contributed by atoms with Crippen LogP contribution in [0.3, 0.4) is 0 Å². The van der Waals surface area contributed by atoms with Crippen LogP contribution in [0, 0.1) is 11.8 Å². The van der Waals surface area contributed by atoms with Crippen LogP contribution in [0.1, 0.15) is 46.0 Å². The van der Waals surface area contributed by atoms with Gasteiger partial charge < -0.3 is 15.5 Å². The highest BCUT2D eigenvalue weighted by atomic mass is 16.1. The molecule has 20 heavy (non-hydrogen) atoms. The lowest BCUT2D eigenvalue weighted by molar-refractivity contribution is -0.121. The van der Waals surface area contributed by atoms with Crippen LogP contribution in [-0.4, -0.2) is 50.6 Å². The first-order valence-electron chi connectivity index (χ1n) is 8.25. The van der Waals surface area contributed by atoms with Crippen LogP contribution < -0.4 is 10.6 Å². The predicted molar refractivity (Wildman–Crippen MR) is 84.8 cm³/mol. The molecule has 0 bridgehead atoms. The Hall–Kier alpha value is -0.610. The minimum Gasteiger partial charge on any atom is -0.356 e. The molecule has 1 saturated heterocycles. The van der Waals surface area contributed by atoms with Crippen molar-refractivity contribution >= 4 is 5.91 Å². The van der Waals surface area contributed by atoms with Crippen molar-refractivity contribution in [1.82, 2.24) is 15.5 Å². The Labute approximate surface area is 124 Å². The molecule has 0 aromatic carbocycles. The van der Waals surface area contributed by atoms with Gasteiger partial charge in [0.05, 0.1) is 0 Å². The standard InChI is InChI=1S/C16H33N3O/c1-14-11-15(2)13-19(12-14)10-5-4-9-18-16(20)7-6-8-17-3/h14-15,17H,4-13H2,1-3H3,(H,18,20). The topological polar surface area (TPSA) is 44.4 Å². The van der Waals surface area contributed by atoms with Crippen LogP contribution >= 0.6 is 0 Å². The van der Waals surface area contributed by atoms with Crippen molar-refractivity contribution in [1.29, 1.82) is 0 Å². The summed E-state index contributed by atoms with van der Waals surface area (Å²) in [4.78, 5) is 14.1. The number of nitrogens with one attached hydrogen (secondary N) is 2. The number of carbonyl (C=O) groups excluding carboxylic acids is 1. The number of hydrogen-bond donors (Lipinski definition) is 2. The smallest absolute Gasteiger partial charge is 0.220 e. The van der Waals surface area contributed by atoms with Gasteiger partial charge in [0.25, 0.3) is 0 Å². The third kappa shape index (κ3) is 7.85. The number of carbonyl (C=O) groups is 1. The molecular weight excluding hydrogens is 250 g/mol. The highest BCUT2D eigenvalue weighted by Crippen LogP contribution is 2.20. The number of hydrogen-bond acceptors (Lipinski definition) is 3. The van der Waals surface area contributed by atoms with Gasteiger partial charge in [0, 0.05) is 26.1 Å². The predicted octanol–water partition coefficient (Wildman–Crippen LogP) is 1.86. The first-order chi connectivity index (χ1) is 9.61. The molecule has 2 N–H and O–H groups in total. The summed E-state index contributed by atoms with van der Waals surface area (Å²) in [5, 5.41) is 6.07. The first-order valence-corrected chi connectivity index (χ1v) is 8.25. The van der Waals surface area contributed by atoms with Crippen molar-refractivity contribution in [3.05, 3.63) is 0 Å². The molecular formula is C16H33N3O. The molecule has 0 aromatic rings. The third-order valence-electron chi connectivity index (χ3n) is 4.00. The Morgan fingerprint density at radius 2 is 1.80 bits per heavy atom. The lowest BCUT2D eigenvalue weighted by Crippen LogP contribution is -2.39. The molecule has 2 unspecified atom stereocenters. The summed E-state index contributed by atoms with van der Waals surface area (Å²) in [5.41, 5.74) is 0. The van der Waals surface area contributed by atoms with E-state index in [-0.39, 0.29) is 5.91 Å². The van der Waals surface area contributed by atoms with E-state index in [2.05, 4.69) is 29.4 Å². The number of likely N-dealkylation sites (tertiary alicyclic amines) is 1. The first kappa shape index (κ1) is 17.4. The number of rotatable bonds is 9. The Morgan fingerprint density at radius 3 is 2.45 bits per heavy atom. The highest BCUT2D eigenvalue weighted by molar-refractivity contribution is 5.75. The maximum Gasteiger partial charge on any atom is 0.220 e. The molecule has 4 heteroatoms. The van der Waals surface area contributed by atoms with Crippen LogP contribution in [0.2, 0.25) is 0 Å². The van der Waals surface area contributed by atoms with E-state index in [1.807, 2.05) is 7.05 Å². The van der Waals surface area contributed by atoms with Gasteiger partial charge >= 0.3 is 0 Å². The fourth-order valence-corrected chi connectivity index (χ4v) is 3.18. The van der Waals surface area contributed by atoms with Gasteiger partial charge in [0.2, 0.25) is 5.91 Å². The molecule has 1 aliphatic rings. The van der Waals surface area contributed by atoms with Gasteiger partial charge in [-0.05, 0) is 57.7 Å². The average molecular weight is 283 g/mol. The number of amides is 1. The monoisotopic (exact) mass is 283 g/mol. The molecule has 4 nitrogen and oxygen atoms in total. The Bertz CT molecular complexity index is 260. The summed E-state index contributed by atoms with van der Waals surface area (Å²) >= 11 is 0. The maximum atomic E-state index is 11.5. The van der Waals surface area contributed by atoms with Crippen molar-refractivity contribution in [2.24, 2.45) is 11.8 Å². The molecule has 0 spiro atoms. The average Bonchev–Trinajstić information content (AvgIpc) is 2.37. The zero-order valence-electron chi connectivity index (χ0n) is 13.6. The second kappa shape index (κ2) is 10.2. The SMILES string of the molecule is CNCCCC(=O)NCCCCN1CC(C)CC(C)C1. The van der Waals surface area contributed by atoms with Crippen LogP contribution in [0.15, 0.2) is 0 Å². The largest absolute Gasteiger partial charge is 0.356 e. The molecule has 0 radical (unpaired) electrons. The van der Waals surface area contributed by atoms with Crippen molar-refractivity contribution < 1.29 is 4.79 Å². The highest BCUT2D eigenvalue weighted by Gasteiger charge is 2.20. The second-order valence-electron chi connectivity index (χ2n) is 6.47. The van der Waals surface area contributed by atoms with Crippen LogP contribution in [0.25, 0.3) is 0 Å². The lowest BCUT2D eigenvalue weighted by Gasteiger charge is -2.34.